The minimum atomic E-state index is 0.0383. The Kier molecular flexibility index (Phi) is 8.17. The second-order valence-electron chi connectivity index (χ2n) is 3.17. The van der Waals surface area contributed by atoms with Crippen LogP contribution >= 0.6 is 0 Å². The SMILES string of the molecule is C=CCNCC(=O)NCCN(C)CC. The Labute approximate surface area is 86.4 Å². The first-order valence-electron chi connectivity index (χ1n) is 4.97. The normalized spacial score (nSPS) is 10.2. The minimum absolute atomic E-state index is 0.0383. The fourth-order valence-corrected chi connectivity index (χ4v) is 0.895. The Bertz CT molecular complexity index is 171. The van der Waals surface area contributed by atoms with E-state index in [1.165, 1.54) is 0 Å². The zero-order valence-electron chi connectivity index (χ0n) is 9.18. The molecule has 0 aromatic rings. The summed E-state index contributed by atoms with van der Waals surface area (Å²) in [5.41, 5.74) is 0. The summed E-state index contributed by atoms with van der Waals surface area (Å²) in [5.74, 6) is 0.0383. The molecule has 14 heavy (non-hydrogen) atoms. The lowest BCUT2D eigenvalue weighted by Crippen LogP contribution is -2.38. The molecule has 0 aliphatic rings. The Morgan fingerprint density at radius 1 is 1.57 bits per heavy atom. The molecule has 4 heteroatoms. The van der Waals surface area contributed by atoms with E-state index in [2.05, 4.69) is 29.0 Å². The van der Waals surface area contributed by atoms with Gasteiger partial charge in [-0.2, -0.15) is 0 Å². The minimum Gasteiger partial charge on any atom is -0.354 e. The van der Waals surface area contributed by atoms with Gasteiger partial charge < -0.3 is 15.5 Å². The van der Waals surface area contributed by atoms with Crippen LogP contribution < -0.4 is 10.6 Å². The van der Waals surface area contributed by atoms with Gasteiger partial charge in [0.05, 0.1) is 6.54 Å². The third kappa shape index (κ3) is 7.76. The van der Waals surface area contributed by atoms with E-state index in [1.54, 1.807) is 6.08 Å². The first-order chi connectivity index (χ1) is 6.70. The number of carbonyl (C=O) groups is 1. The molecule has 0 atom stereocenters. The van der Waals surface area contributed by atoms with Crippen LogP contribution in [0.3, 0.4) is 0 Å². The van der Waals surface area contributed by atoms with Gasteiger partial charge >= 0.3 is 0 Å². The third-order valence-electron chi connectivity index (χ3n) is 1.93. The number of amides is 1. The Morgan fingerprint density at radius 3 is 2.86 bits per heavy atom. The lowest BCUT2D eigenvalue weighted by Gasteiger charge is -2.13. The van der Waals surface area contributed by atoms with Crippen molar-refractivity contribution in [3.63, 3.8) is 0 Å². The van der Waals surface area contributed by atoms with Crippen molar-refractivity contribution in [2.24, 2.45) is 0 Å². The smallest absolute Gasteiger partial charge is 0.234 e. The van der Waals surface area contributed by atoms with Gasteiger partial charge in [0.15, 0.2) is 0 Å². The van der Waals surface area contributed by atoms with Crippen molar-refractivity contribution >= 4 is 5.91 Å². The van der Waals surface area contributed by atoms with Gasteiger partial charge in [-0.3, -0.25) is 4.79 Å². The number of hydrogen-bond donors (Lipinski definition) is 2. The lowest BCUT2D eigenvalue weighted by molar-refractivity contribution is -0.120. The van der Waals surface area contributed by atoms with Gasteiger partial charge in [0.25, 0.3) is 0 Å². The number of likely N-dealkylation sites (N-methyl/N-ethyl adjacent to an activating group) is 1. The highest BCUT2D eigenvalue weighted by molar-refractivity contribution is 5.77. The van der Waals surface area contributed by atoms with E-state index in [4.69, 9.17) is 0 Å². The molecule has 0 saturated heterocycles. The maximum Gasteiger partial charge on any atom is 0.234 e. The van der Waals surface area contributed by atoms with Crippen molar-refractivity contribution < 1.29 is 4.79 Å². The van der Waals surface area contributed by atoms with Crippen LogP contribution in [-0.2, 0) is 4.79 Å². The molecule has 0 aliphatic heterocycles. The Hall–Kier alpha value is -0.870. The standard InChI is InChI=1S/C10H21N3O/c1-4-6-11-9-10(14)12-7-8-13(3)5-2/h4,11H,1,5-9H2,2-3H3,(H,12,14). The first kappa shape index (κ1) is 13.1. The monoisotopic (exact) mass is 199 g/mol. The van der Waals surface area contributed by atoms with Gasteiger partial charge in [-0.05, 0) is 13.6 Å². The molecule has 0 spiro atoms. The molecular formula is C10H21N3O. The maximum absolute atomic E-state index is 11.2. The molecule has 0 fully saturated rings. The Balaban J connectivity index is 3.30. The van der Waals surface area contributed by atoms with Crippen LogP contribution in [0.4, 0.5) is 0 Å². The molecule has 0 aromatic heterocycles. The van der Waals surface area contributed by atoms with E-state index >= 15 is 0 Å². The predicted molar refractivity (Wildman–Crippen MR) is 59.2 cm³/mol. The summed E-state index contributed by atoms with van der Waals surface area (Å²) in [4.78, 5) is 13.3. The third-order valence-corrected chi connectivity index (χ3v) is 1.93. The van der Waals surface area contributed by atoms with E-state index < -0.39 is 0 Å². The highest BCUT2D eigenvalue weighted by Crippen LogP contribution is 1.77. The molecule has 0 aliphatic carbocycles. The quantitative estimate of drug-likeness (QED) is 0.421. The molecule has 0 bridgehead atoms. The van der Waals surface area contributed by atoms with E-state index in [-0.39, 0.29) is 5.91 Å². The molecule has 4 nitrogen and oxygen atoms in total. The average molecular weight is 199 g/mol. The van der Waals surface area contributed by atoms with E-state index in [0.29, 0.717) is 19.6 Å². The molecule has 0 aromatic carbocycles. The molecule has 0 saturated carbocycles. The van der Waals surface area contributed by atoms with Crippen LogP contribution in [0, 0.1) is 0 Å². The van der Waals surface area contributed by atoms with Crippen molar-refractivity contribution in [3.05, 3.63) is 12.7 Å². The van der Waals surface area contributed by atoms with Gasteiger partial charge in [-0.1, -0.05) is 13.0 Å². The fraction of sp³-hybridized carbons (Fsp3) is 0.700. The van der Waals surface area contributed by atoms with Gasteiger partial charge in [-0.25, -0.2) is 0 Å². The first-order valence-corrected chi connectivity index (χ1v) is 4.97. The number of hydrogen-bond acceptors (Lipinski definition) is 3. The fourth-order valence-electron chi connectivity index (χ4n) is 0.895. The summed E-state index contributed by atoms with van der Waals surface area (Å²) >= 11 is 0. The molecule has 2 N–H and O–H groups in total. The molecule has 0 rings (SSSR count). The van der Waals surface area contributed by atoms with Gasteiger partial charge in [0, 0.05) is 19.6 Å². The van der Waals surface area contributed by atoms with Crippen LogP contribution in [0.15, 0.2) is 12.7 Å². The summed E-state index contributed by atoms with van der Waals surface area (Å²) in [6.07, 6.45) is 1.73. The van der Waals surface area contributed by atoms with Crippen molar-refractivity contribution in [2.45, 2.75) is 6.92 Å². The summed E-state index contributed by atoms with van der Waals surface area (Å²) in [7, 11) is 2.03. The van der Waals surface area contributed by atoms with Crippen LogP contribution in [-0.4, -0.2) is 50.6 Å². The Morgan fingerprint density at radius 2 is 2.29 bits per heavy atom. The zero-order chi connectivity index (χ0) is 10.8. The van der Waals surface area contributed by atoms with Gasteiger partial charge in [-0.15, -0.1) is 6.58 Å². The van der Waals surface area contributed by atoms with Crippen molar-refractivity contribution in [1.82, 2.24) is 15.5 Å². The molecule has 0 heterocycles. The summed E-state index contributed by atoms with van der Waals surface area (Å²) in [6, 6.07) is 0. The molecular weight excluding hydrogens is 178 g/mol. The number of nitrogens with zero attached hydrogens (tertiary/aromatic N) is 1. The molecule has 82 valence electrons. The molecule has 1 amide bonds. The van der Waals surface area contributed by atoms with Crippen molar-refractivity contribution in [2.75, 3.05) is 39.8 Å². The number of carbonyl (C=O) groups excluding carboxylic acids is 1. The van der Waals surface area contributed by atoms with Gasteiger partial charge in [0.1, 0.15) is 0 Å². The lowest BCUT2D eigenvalue weighted by atomic mass is 10.5. The van der Waals surface area contributed by atoms with Crippen molar-refractivity contribution in [1.29, 1.82) is 0 Å². The highest BCUT2D eigenvalue weighted by Gasteiger charge is 1.99. The number of rotatable bonds is 8. The average Bonchev–Trinajstić information content (AvgIpc) is 2.18. The predicted octanol–water partition coefficient (Wildman–Crippen LogP) is -0.170. The summed E-state index contributed by atoms with van der Waals surface area (Å²) in [5, 5.41) is 5.77. The van der Waals surface area contributed by atoms with Crippen LogP contribution in [0.25, 0.3) is 0 Å². The van der Waals surface area contributed by atoms with E-state index in [1.807, 2.05) is 7.05 Å². The van der Waals surface area contributed by atoms with Crippen LogP contribution in [0.2, 0.25) is 0 Å². The molecule has 0 radical (unpaired) electrons. The number of nitrogens with one attached hydrogen (secondary N) is 2. The highest BCUT2D eigenvalue weighted by atomic mass is 16.1. The van der Waals surface area contributed by atoms with Crippen LogP contribution in [0.1, 0.15) is 6.92 Å². The second kappa shape index (κ2) is 8.72. The van der Waals surface area contributed by atoms with Crippen LogP contribution in [0.5, 0.6) is 0 Å². The summed E-state index contributed by atoms with van der Waals surface area (Å²) < 4.78 is 0. The summed E-state index contributed by atoms with van der Waals surface area (Å²) in [6.45, 7) is 9.28. The van der Waals surface area contributed by atoms with E-state index in [0.717, 1.165) is 13.1 Å². The zero-order valence-corrected chi connectivity index (χ0v) is 9.18. The van der Waals surface area contributed by atoms with Crippen molar-refractivity contribution in [3.8, 4) is 0 Å². The van der Waals surface area contributed by atoms with Gasteiger partial charge in [0.2, 0.25) is 5.91 Å². The van der Waals surface area contributed by atoms with E-state index in [9.17, 15) is 4.79 Å². The second-order valence-corrected chi connectivity index (χ2v) is 3.17. The topological polar surface area (TPSA) is 44.4 Å². The maximum atomic E-state index is 11.2. The molecule has 0 unspecified atom stereocenters. The largest absolute Gasteiger partial charge is 0.354 e.